The number of carbonyl (C=O) groups is 4. The molecule has 1 aliphatic rings. The Balaban J connectivity index is 1.50. The van der Waals surface area contributed by atoms with Gasteiger partial charge in [-0.3, -0.25) is 29.5 Å². The van der Waals surface area contributed by atoms with Crippen molar-refractivity contribution in [3.63, 3.8) is 0 Å². The molecule has 0 aliphatic carbocycles. The van der Waals surface area contributed by atoms with Gasteiger partial charge in [0.1, 0.15) is 11.9 Å². The lowest BCUT2D eigenvalue weighted by Crippen LogP contribution is -2.41. The van der Waals surface area contributed by atoms with Crippen LogP contribution in [0.5, 0.6) is 0 Å². The minimum atomic E-state index is -1.30. The number of aromatic nitrogens is 2. The van der Waals surface area contributed by atoms with Gasteiger partial charge in [0.25, 0.3) is 11.5 Å². The molecule has 2 aromatic rings. The molecule has 3 rings (SSSR count). The van der Waals surface area contributed by atoms with Gasteiger partial charge in [-0.25, -0.2) is 4.79 Å². The number of fused-ring (bicyclic) bond motifs is 1. The summed E-state index contributed by atoms with van der Waals surface area (Å²) in [6.45, 7) is 7.01. The van der Waals surface area contributed by atoms with Gasteiger partial charge >= 0.3 is 11.9 Å². The summed E-state index contributed by atoms with van der Waals surface area (Å²) in [6, 6.07) is 5.33. The van der Waals surface area contributed by atoms with Crippen molar-refractivity contribution in [1.82, 2.24) is 20.6 Å². The number of carboxylic acids is 2. The normalized spacial score (nSPS) is 15.4. The molecule has 2 unspecified atom stereocenters. The van der Waals surface area contributed by atoms with Crippen molar-refractivity contribution in [3.8, 4) is 0 Å². The van der Waals surface area contributed by atoms with Crippen LogP contribution in [0.1, 0.15) is 55.1 Å². The Labute approximate surface area is 224 Å². The van der Waals surface area contributed by atoms with Crippen molar-refractivity contribution in [2.75, 3.05) is 23.7 Å². The van der Waals surface area contributed by atoms with E-state index in [2.05, 4.69) is 31.2 Å². The molecule has 13 nitrogen and oxygen atoms in total. The number of hydrogen-bond donors (Lipinski definition) is 7. The maximum absolute atomic E-state index is 12.6. The summed E-state index contributed by atoms with van der Waals surface area (Å²) < 4.78 is 0. The third kappa shape index (κ3) is 8.37. The molecule has 0 spiro atoms. The molecule has 0 saturated heterocycles. The average molecular weight is 543 g/mol. The Morgan fingerprint density at radius 3 is 2.44 bits per heavy atom. The number of benzene rings is 1. The topological polar surface area (TPSA) is 203 Å². The van der Waals surface area contributed by atoms with Crippen molar-refractivity contribution in [2.24, 2.45) is 11.3 Å². The van der Waals surface area contributed by atoms with E-state index < -0.39 is 29.3 Å². The molecule has 0 fully saturated rings. The molecular weight excluding hydrogens is 508 g/mol. The quantitative estimate of drug-likeness (QED) is 0.216. The summed E-state index contributed by atoms with van der Waals surface area (Å²) >= 11 is 0. The average Bonchev–Trinajstić information content (AvgIpc) is 2.86. The fourth-order valence-electron chi connectivity index (χ4n) is 3.90. The predicted molar refractivity (Wildman–Crippen MR) is 143 cm³/mol. The molecule has 1 aliphatic heterocycles. The van der Waals surface area contributed by atoms with Gasteiger partial charge in [0.05, 0.1) is 5.56 Å². The van der Waals surface area contributed by atoms with E-state index in [1.54, 1.807) is 45.0 Å². The van der Waals surface area contributed by atoms with Crippen LogP contribution in [0.25, 0.3) is 0 Å². The zero-order valence-corrected chi connectivity index (χ0v) is 22.1. The van der Waals surface area contributed by atoms with E-state index in [1.807, 2.05) is 0 Å². The van der Waals surface area contributed by atoms with Gasteiger partial charge in [-0.2, -0.15) is 4.98 Å². The van der Waals surface area contributed by atoms with Gasteiger partial charge in [0.2, 0.25) is 11.9 Å². The minimum absolute atomic E-state index is 0.110. The zero-order chi connectivity index (χ0) is 28.7. The van der Waals surface area contributed by atoms with Crippen molar-refractivity contribution in [3.05, 3.63) is 51.3 Å². The zero-order valence-electron chi connectivity index (χ0n) is 22.1. The van der Waals surface area contributed by atoms with Crippen molar-refractivity contribution < 1.29 is 29.4 Å². The smallest absolute Gasteiger partial charge is 0.326 e. The third-order valence-electron chi connectivity index (χ3n) is 6.21. The fraction of sp³-hybridized carbons (Fsp3) is 0.462. The van der Waals surface area contributed by atoms with Gasteiger partial charge in [-0.05, 0) is 36.5 Å². The van der Waals surface area contributed by atoms with Gasteiger partial charge in [0.15, 0.2) is 0 Å². The Hall–Kier alpha value is -4.26. The van der Waals surface area contributed by atoms with Crippen LogP contribution in [-0.2, 0) is 27.3 Å². The van der Waals surface area contributed by atoms with Crippen LogP contribution in [0.2, 0.25) is 0 Å². The second kappa shape index (κ2) is 12.5. The molecular formula is C26H34N6O7. The number of nitrogens with one attached hydrogen (secondary N) is 5. The number of aliphatic carboxylic acids is 2. The highest BCUT2D eigenvalue weighted by Crippen LogP contribution is 2.21. The second-order valence-corrected chi connectivity index (χ2v) is 10.5. The van der Waals surface area contributed by atoms with Crippen LogP contribution >= 0.6 is 0 Å². The number of aromatic amines is 1. The van der Waals surface area contributed by atoms with Crippen LogP contribution in [-0.4, -0.2) is 63.1 Å². The number of H-pyrrole nitrogens is 1. The van der Waals surface area contributed by atoms with E-state index >= 15 is 0 Å². The van der Waals surface area contributed by atoms with E-state index in [1.165, 1.54) is 0 Å². The van der Waals surface area contributed by atoms with Crippen LogP contribution in [0.3, 0.4) is 0 Å². The lowest BCUT2D eigenvalue weighted by molar-refractivity contribution is -0.140. The molecule has 13 heteroatoms. The fourth-order valence-corrected chi connectivity index (χ4v) is 3.90. The molecule has 2 atom stereocenters. The Bertz CT molecular complexity index is 1280. The summed E-state index contributed by atoms with van der Waals surface area (Å²) in [4.78, 5) is 66.2. The molecule has 7 N–H and O–H groups in total. The molecule has 2 heterocycles. The maximum atomic E-state index is 12.6. The number of rotatable bonds is 11. The highest BCUT2D eigenvalue weighted by molar-refractivity contribution is 5.96. The van der Waals surface area contributed by atoms with Crippen LogP contribution < -0.4 is 26.8 Å². The monoisotopic (exact) mass is 542 g/mol. The lowest BCUT2D eigenvalue weighted by atomic mass is 9.96. The van der Waals surface area contributed by atoms with Gasteiger partial charge in [-0.15, -0.1) is 0 Å². The Kier molecular flexibility index (Phi) is 9.41. The highest BCUT2D eigenvalue weighted by Gasteiger charge is 2.26. The Morgan fingerprint density at radius 2 is 1.82 bits per heavy atom. The summed E-state index contributed by atoms with van der Waals surface area (Å²) in [6.07, 6.45) is -0.0712. The standard InChI is InChI=1S/C26H34N6O7/c1-26(2,3)24(39)32-25-30-20-17(22(36)31-25)10-15(13-28-20)12-27-11-14-4-6-16(7-5-14)21(35)29-18(23(37)38)8-9-19(33)34/h4-7,15,18,27H,8-13H2,1-3H3,(H,29,35)(H,33,34)(H,37,38)(H3,28,30,31,32,36,39). The first-order chi connectivity index (χ1) is 18.3. The summed E-state index contributed by atoms with van der Waals surface area (Å²) in [5.41, 5.74) is 0.759. The predicted octanol–water partition coefficient (Wildman–Crippen LogP) is 1.18. The molecule has 210 valence electrons. The largest absolute Gasteiger partial charge is 0.481 e. The van der Waals surface area contributed by atoms with Crippen LogP contribution in [0.15, 0.2) is 29.1 Å². The van der Waals surface area contributed by atoms with Crippen LogP contribution in [0.4, 0.5) is 11.8 Å². The van der Waals surface area contributed by atoms with Gasteiger partial charge < -0.3 is 26.2 Å². The van der Waals surface area contributed by atoms with Crippen LogP contribution in [0, 0.1) is 11.3 Å². The molecule has 0 bridgehead atoms. The van der Waals surface area contributed by atoms with Gasteiger partial charge in [0, 0.05) is 37.0 Å². The molecule has 0 radical (unpaired) electrons. The second-order valence-electron chi connectivity index (χ2n) is 10.5. The first-order valence-electron chi connectivity index (χ1n) is 12.6. The van der Waals surface area contributed by atoms with E-state index in [4.69, 9.17) is 5.11 Å². The summed E-state index contributed by atoms with van der Waals surface area (Å²) in [5.74, 6) is -2.59. The van der Waals surface area contributed by atoms with Gasteiger partial charge in [-0.1, -0.05) is 32.9 Å². The molecule has 0 saturated carbocycles. The van der Waals surface area contributed by atoms with E-state index in [0.29, 0.717) is 37.4 Å². The van der Waals surface area contributed by atoms with E-state index in [9.17, 15) is 29.1 Å². The first-order valence-corrected chi connectivity index (χ1v) is 12.6. The number of hydrogen-bond acceptors (Lipinski definition) is 8. The highest BCUT2D eigenvalue weighted by atomic mass is 16.4. The van der Waals surface area contributed by atoms with Crippen molar-refractivity contribution in [1.29, 1.82) is 0 Å². The lowest BCUT2D eigenvalue weighted by Gasteiger charge is -2.25. The molecule has 2 amide bonds. The van der Waals surface area contributed by atoms with Crippen molar-refractivity contribution in [2.45, 2.75) is 52.6 Å². The van der Waals surface area contributed by atoms with E-state index in [0.717, 1.165) is 5.56 Å². The number of anilines is 2. The Morgan fingerprint density at radius 1 is 1.13 bits per heavy atom. The summed E-state index contributed by atoms with van der Waals surface area (Å²) in [5, 5.41) is 29.5. The number of carboxylic acid groups (broad SMARTS) is 2. The SMILES string of the molecule is CC(C)(C)C(=O)Nc1nc2c(c(=O)[nH]1)CC(CNCc1ccc(C(=O)NC(CCC(=O)O)C(=O)O)cc1)CN2. The first kappa shape index (κ1) is 29.3. The molecule has 1 aromatic carbocycles. The number of nitrogens with zero attached hydrogens (tertiary/aromatic N) is 1. The van der Waals surface area contributed by atoms with Crippen molar-refractivity contribution >= 4 is 35.5 Å². The molecule has 39 heavy (non-hydrogen) atoms. The minimum Gasteiger partial charge on any atom is -0.481 e. The maximum Gasteiger partial charge on any atom is 0.326 e. The third-order valence-corrected chi connectivity index (χ3v) is 6.21. The summed E-state index contributed by atoms with van der Waals surface area (Å²) in [7, 11) is 0. The number of carbonyl (C=O) groups excluding carboxylic acids is 2. The van der Waals surface area contributed by atoms with E-state index in [-0.39, 0.29) is 41.7 Å². The molecule has 1 aromatic heterocycles. The number of amides is 2.